The van der Waals surface area contributed by atoms with Gasteiger partial charge in [0.05, 0.1) is 15.9 Å². The molecule has 2 aromatic rings. The van der Waals surface area contributed by atoms with Crippen molar-refractivity contribution in [1.82, 2.24) is 4.31 Å². The number of nitro benzene ring substituents is 1. The van der Waals surface area contributed by atoms with Crippen LogP contribution in [-0.4, -0.2) is 35.8 Å². The summed E-state index contributed by atoms with van der Waals surface area (Å²) in [7, 11) is -3.79. The third-order valence-electron chi connectivity index (χ3n) is 5.20. The highest BCUT2D eigenvalue weighted by atomic mass is 32.2. The molecule has 1 fully saturated rings. The Kier molecular flexibility index (Phi) is 6.09. The van der Waals surface area contributed by atoms with E-state index in [1.54, 1.807) is 25.1 Å². The van der Waals surface area contributed by atoms with Crippen molar-refractivity contribution in [2.45, 2.75) is 37.6 Å². The molecule has 2 N–H and O–H groups in total. The first-order chi connectivity index (χ1) is 13.7. The number of anilines is 1. The zero-order valence-corrected chi connectivity index (χ0v) is 17.2. The Balaban J connectivity index is 1.91. The fraction of sp³-hybridized carbons (Fsp3) is 0.400. The first kappa shape index (κ1) is 21.1. The van der Waals surface area contributed by atoms with E-state index in [2.05, 4.69) is 5.32 Å². The molecule has 3 rings (SSSR count). The number of phenols is 1. The zero-order chi connectivity index (χ0) is 21.2. The Morgan fingerprint density at radius 2 is 2.00 bits per heavy atom. The molecule has 1 saturated heterocycles. The van der Waals surface area contributed by atoms with Crippen LogP contribution in [0.4, 0.5) is 11.4 Å². The average molecular weight is 420 g/mol. The number of benzene rings is 2. The van der Waals surface area contributed by atoms with Gasteiger partial charge in [0.15, 0.2) is 0 Å². The zero-order valence-electron chi connectivity index (χ0n) is 16.4. The topological polar surface area (TPSA) is 113 Å². The standard InChI is InChI=1S/C20H25N3O5S/c1-14-6-5-11-22(13-14)29(27,28)16-9-10-18(19(12-16)23(25)26)21-15(2)17-7-3-4-8-20(17)24/h3-4,7-10,12,14-15,21,24H,5-6,11,13H2,1-2H3/t14-,15+/m0/s1. The minimum Gasteiger partial charge on any atom is -0.508 e. The van der Waals surface area contributed by atoms with E-state index in [0.29, 0.717) is 18.7 Å². The molecule has 29 heavy (non-hydrogen) atoms. The Morgan fingerprint density at radius 3 is 2.66 bits per heavy atom. The minimum atomic E-state index is -3.79. The molecule has 0 aliphatic carbocycles. The predicted molar refractivity (Wildman–Crippen MR) is 110 cm³/mol. The highest BCUT2D eigenvalue weighted by Crippen LogP contribution is 2.34. The van der Waals surface area contributed by atoms with Crippen molar-refractivity contribution in [2.75, 3.05) is 18.4 Å². The van der Waals surface area contributed by atoms with Crippen LogP contribution in [0.2, 0.25) is 0 Å². The number of nitrogens with zero attached hydrogens (tertiary/aromatic N) is 2. The van der Waals surface area contributed by atoms with Crippen LogP contribution in [-0.2, 0) is 10.0 Å². The number of aromatic hydroxyl groups is 1. The Hall–Kier alpha value is -2.65. The van der Waals surface area contributed by atoms with Gasteiger partial charge in [0, 0.05) is 24.7 Å². The average Bonchev–Trinajstić information content (AvgIpc) is 2.68. The molecule has 2 aromatic carbocycles. The summed E-state index contributed by atoms with van der Waals surface area (Å²) in [6.07, 6.45) is 1.75. The molecule has 8 nitrogen and oxygen atoms in total. The summed E-state index contributed by atoms with van der Waals surface area (Å²) in [4.78, 5) is 10.9. The molecule has 0 amide bonds. The lowest BCUT2D eigenvalue weighted by Crippen LogP contribution is -2.39. The summed E-state index contributed by atoms with van der Waals surface area (Å²) in [6.45, 7) is 4.60. The van der Waals surface area contributed by atoms with Gasteiger partial charge >= 0.3 is 0 Å². The molecule has 0 aromatic heterocycles. The smallest absolute Gasteiger partial charge is 0.293 e. The van der Waals surface area contributed by atoms with Gasteiger partial charge in [0.25, 0.3) is 5.69 Å². The lowest BCUT2D eigenvalue weighted by molar-refractivity contribution is -0.384. The third-order valence-corrected chi connectivity index (χ3v) is 7.06. The number of sulfonamides is 1. The van der Waals surface area contributed by atoms with E-state index in [4.69, 9.17) is 0 Å². The van der Waals surface area contributed by atoms with E-state index >= 15 is 0 Å². The number of nitrogens with one attached hydrogen (secondary N) is 1. The largest absolute Gasteiger partial charge is 0.508 e. The first-order valence-electron chi connectivity index (χ1n) is 9.53. The van der Waals surface area contributed by atoms with E-state index < -0.39 is 21.0 Å². The van der Waals surface area contributed by atoms with Gasteiger partial charge in [0.2, 0.25) is 10.0 Å². The molecule has 0 bridgehead atoms. The summed E-state index contributed by atoms with van der Waals surface area (Å²) in [5.74, 6) is 0.336. The monoisotopic (exact) mass is 419 g/mol. The van der Waals surface area contributed by atoms with Gasteiger partial charge in [-0.3, -0.25) is 10.1 Å². The van der Waals surface area contributed by atoms with Crippen LogP contribution >= 0.6 is 0 Å². The molecular weight excluding hydrogens is 394 g/mol. The van der Waals surface area contributed by atoms with E-state index in [1.807, 2.05) is 6.92 Å². The van der Waals surface area contributed by atoms with Crippen molar-refractivity contribution >= 4 is 21.4 Å². The normalized spacial score (nSPS) is 18.9. The van der Waals surface area contributed by atoms with E-state index in [-0.39, 0.29) is 27.9 Å². The van der Waals surface area contributed by atoms with Gasteiger partial charge in [-0.1, -0.05) is 25.1 Å². The van der Waals surface area contributed by atoms with Crippen LogP contribution in [0.1, 0.15) is 38.3 Å². The number of hydrogen-bond acceptors (Lipinski definition) is 6. The van der Waals surface area contributed by atoms with Gasteiger partial charge in [-0.25, -0.2) is 8.42 Å². The lowest BCUT2D eigenvalue weighted by Gasteiger charge is -2.30. The molecule has 0 unspecified atom stereocenters. The molecule has 2 atom stereocenters. The van der Waals surface area contributed by atoms with E-state index in [9.17, 15) is 23.6 Å². The van der Waals surface area contributed by atoms with Gasteiger partial charge < -0.3 is 10.4 Å². The predicted octanol–water partition coefficient (Wildman–Crippen LogP) is 3.89. The highest BCUT2D eigenvalue weighted by molar-refractivity contribution is 7.89. The van der Waals surface area contributed by atoms with Crippen molar-refractivity contribution in [3.05, 3.63) is 58.1 Å². The maximum absolute atomic E-state index is 13.0. The molecule has 0 spiro atoms. The van der Waals surface area contributed by atoms with E-state index in [1.165, 1.54) is 22.5 Å². The van der Waals surface area contributed by atoms with Crippen LogP contribution < -0.4 is 5.32 Å². The van der Waals surface area contributed by atoms with Gasteiger partial charge in [-0.15, -0.1) is 0 Å². The van der Waals surface area contributed by atoms with Gasteiger partial charge in [0.1, 0.15) is 11.4 Å². The molecule has 0 saturated carbocycles. The van der Waals surface area contributed by atoms with Gasteiger partial charge in [-0.05, 0) is 43.9 Å². The molecule has 1 aliphatic heterocycles. The second-order valence-corrected chi connectivity index (χ2v) is 9.41. The van der Waals surface area contributed by atoms with Crippen LogP contribution in [0.3, 0.4) is 0 Å². The SMILES string of the molecule is C[C@H]1CCCN(S(=O)(=O)c2ccc(N[C@H](C)c3ccccc3O)c([N+](=O)[O-])c2)C1. The van der Waals surface area contributed by atoms with E-state index in [0.717, 1.165) is 18.9 Å². The Morgan fingerprint density at radius 1 is 1.28 bits per heavy atom. The molecule has 0 radical (unpaired) electrons. The van der Waals surface area contributed by atoms with Crippen LogP contribution in [0.15, 0.2) is 47.4 Å². The highest BCUT2D eigenvalue weighted by Gasteiger charge is 2.30. The molecule has 156 valence electrons. The summed E-state index contributed by atoms with van der Waals surface area (Å²) in [6, 6.07) is 10.2. The number of piperidine rings is 1. The van der Waals surface area contributed by atoms with Crippen LogP contribution in [0, 0.1) is 16.0 Å². The van der Waals surface area contributed by atoms with Crippen molar-refractivity contribution in [3.8, 4) is 5.75 Å². The van der Waals surface area contributed by atoms with Crippen LogP contribution in [0.5, 0.6) is 5.75 Å². The first-order valence-corrected chi connectivity index (χ1v) is 11.0. The maximum atomic E-state index is 13.0. The second-order valence-electron chi connectivity index (χ2n) is 7.47. The van der Waals surface area contributed by atoms with Crippen LogP contribution in [0.25, 0.3) is 0 Å². The molecule has 1 heterocycles. The number of hydrogen-bond donors (Lipinski definition) is 2. The van der Waals surface area contributed by atoms with Gasteiger partial charge in [-0.2, -0.15) is 4.31 Å². The third kappa shape index (κ3) is 4.51. The summed E-state index contributed by atoms with van der Waals surface area (Å²) in [5.41, 5.74) is 0.455. The lowest BCUT2D eigenvalue weighted by atomic mass is 10.0. The summed E-state index contributed by atoms with van der Waals surface area (Å²) < 4.78 is 27.3. The number of para-hydroxylation sites is 1. The Bertz CT molecular complexity index is 1010. The molecular formula is C20H25N3O5S. The van der Waals surface area contributed by atoms with Crippen molar-refractivity contribution in [3.63, 3.8) is 0 Å². The number of rotatable bonds is 6. The van der Waals surface area contributed by atoms with Crippen molar-refractivity contribution in [2.24, 2.45) is 5.92 Å². The second kappa shape index (κ2) is 8.38. The molecule has 9 heteroatoms. The Labute approximate surface area is 170 Å². The molecule has 1 aliphatic rings. The van der Waals surface area contributed by atoms with Crippen molar-refractivity contribution in [1.29, 1.82) is 0 Å². The number of nitro groups is 1. The number of phenolic OH excluding ortho intramolecular Hbond substituents is 1. The maximum Gasteiger partial charge on any atom is 0.293 e. The summed E-state index contributed by atoms with van der Waals surface area (Å²) in [5, 5.41) is 24.6. The summed E-state index contributed by atoms with van der Waals surface area (Å²) >= 11 is 0. The van der Waals surface area contributed by atoms with Crippen molar-refractivity contribution < 1.29 is 18.4 Å². The fourth-order valence-electron chi connectivity index (χ4n) is 3.62. The minimum absolute atomic E-state index is 0.0774. The quantitative estimate of drug-likeness (QED) is 0.542. The fourth-order valence-corrected chi connectivity index (χ4v) is 5.24.